The van der Waals surface area contributed by atoms with E-state index in [1.54, 1.807) is 6.26 Å². The number of piperidine rings is 1. The molecular weight excluding hydrogens is 543 g/mol. The lowest BCUT2D eigenvalue weighted by Crippen LogP contribution is -2.49. The van der Waals surface area contributed by atoms with Crippen LogP contribution >= 0.6 is 39.9 Å². The van der Waals surface area contributed by atoms with Gasteiger partial charge in [0.15, 0.2) is 5.96 Å². The fourth-order valence-corrected chi connectivity index (χ4v) is 3.98. The van der Waals surface area contributed by atoms with Crippen LogP contribution in [0.15, 0.2) is 56.5 Å². The normalized spacial score (nSPS) is 18.3. The van der Waals surface area contributed by atoms with Crippen LogP contribution in [0.1, 0.15) is 37.0 Å². The molecule has 1 aliphatic carbocycles. The van der Waals surface area contributed by atoms with Gasteiger partial charge in [0, 0.05) is 42.6 Å². The number of nitrogens with one attached hydrogen (secondary N) is 2. The number of hydrogen-bond donors (Lipinski definition) is 2. The summed E-state index contributed by atoms with van der Waals surface area (Å²) in [5, 5.41) is 7.16. The Morgan fingerprint density at radius 3 is 2.52 bits per heavy atom. The maximum atomic E-state index is 5.44. The second-order valence-electron chi connectivity index (χ2n) is 7.73. The summed E-state index contributed by atoms with van der Waals surface area (Å²) in [6.07, 6.45) is 7.75. The van der Waals surface area contributed by atoms with Gasteiger partial charge in [0.25, 0.3) is 0 Å². The number of aliphatic imine (C=N–C) groups is 1. The first-order chi connectivity index (χ1) is 13.8. The highest BCUT2D eigenvalue weighted by molar-refractivity contribution is 14.0. The van der Waals surface area contributed by atoms with Crippen LogP contribution in [-0.2, 0) is 13.0 Å². The molecule has 0 atom stereocenters. The predicted octanol–water partition coefficient (Wildman–Crippen LogP) is 4.56. The molecule has 0 amide bonds. The molecule has 7 heteroatoms. The Morgan fingerprint density at radius 1 is 1.10 bits per heavy atom. The molecule has 29 heavy (non-hydrogen) atoms. The molecule has 1 aromatic heterocycles. The first-order valence-electron chi connectivity index (χ1n) is 10.3. The van der Waals surface area contributed by atoms with Gasteiger partial charge in [-0.25, -0.2) is 4.99 Å². The van der Waals surface area contributed by atoms with E-state index in [0.717, 1.165) is 35.2 Å². The largest absolute Gasteiger partial charge is 0.469 e. The van der Waals surface area contributed by atoms with E-state index in [1.807, 2.05) is 12.1 Å². The third kappa shape index (κ3) is 7.29. The fraction of sp³-hybridized carbons (Fsp3) is 0.500. The summed E-state index contributed by atoms with van der Waals surface area (Å²) in [6.45, 7) is 3.88. The molecule has 5 nitrogen and oxygen atoms in total. The summed E-state index contributed by atoms with van der Waals surface area (Å²) in [5.41, 5.74) is 1.21. The quantitative estimate of drug-likeness (QED) is 0.290. The van der Waals surface area contributed by atoms with Crippen molar-refractivity contribution in [2.24, 2.45) is 4.99 Å². The summed E-state index contributed by atoms with van der Waals surface area (Å²) in [6, 6.07) is 13.7. The number of furan rings is 1. The van der Waals surface area contributed by atoms with E-state index in [0.29, 0.717) is 12.6 Å². The summed E-state index contributed by atoms with van der Waals surface area (Å²) in [4.78, 5) is 7.49. The van der Waals surface area contributed by atoms with E-state index < -0.39 is 0 Å². The van der Waals surface area contributed by atoms with Gasteiger partial charge in [-0.15, -0.1) is 24.0 Å². The van der Waals surface area contributed by atoms with Crippen molar-refractivity contribution >= 4 is 45.9 Å². The molecule has 2 N–H and O–H groups in total. The molecule has 0 spiro atoms. The van der Waals surface area contributed by atoms with Gasteiger partial charge in [-0.3, -0.25) is 0 Å². The number of hydrogen-bond acceptors (Lipinski definition) is 3. The van der Waals surface area contributed by atoms with Gasteiger partial charge in [0.05, 0.1) is 12.8 Å². The van der Waals surface area contributed by atoms with E-state index >= 15 is 0 Å². The van der Waals surface area contributed by atoms with Crippen molar-refractivity contribution in [1.29, 1.82) is 0 Å². The number of rotatable bonds is 7. The molecule has 1 saturated carbocycles. The lowest BCUT2D eigenvalue weighted by atomic mass is 10.1. The van der Waals surface area contributed by atoms with Crippen LogP contribution in [0.4, 0.5) is 0 Å². The Kier molecular flexibility index (Phi) is 8.86. The van der Waals surface area contributed by atoms with Gasteiger partial charge < -0.3 is 20.0 Å². The predicted molar refractivity (Wildman–Crippen MR) is 132 cm³/mol. The van der Waals surface area contributed by atoms with Crippen molar-refractivity contribution in [3.05, 3.63) is 58.5 Å². The zero-order valence-corrected chi connectivity index (χ0v) is 20.6. The van der Waals surface area contributed by atoms with E-state index in [4.69, 9.17) is 9.41 Å². The van der Waals surface area contributed by atoms with Crippen LogP contribution in [0.25, 0.3) is 0 Å². The van der Waals surface area contributed by atoms with Gasteiger partial charge >= 0.3 is 0 Å². The third-order valence-electron chi connectivity index (χ3n) is 5.51. The highest BCUT2D eigenvalue weighted by Gasteiger charge is 2.31. The Bertz CT molecular complexity index is 754. The topological polar surface area (TPSA) is 52.8 Å². The Labute approximate surface area is 198 Å². The van der Waals surface area contributed by atoms with Gasteiger partial charge in [0.2, 0.25) is 0 Å². The lowest BCUT2D eigenvalue weighted by molar-refractivity contribution is 0.197. The molecule has 1 saturated heterocycles. The molecule has 0 radical (unpaired) electrons. The minimum atomic E-state index is 0. The first kappa shape index (κ1) is 22.6. The molecule has 158 valence electrons. The number of halogens is 2. The summed E-state index contributed by atoms with van der Waals surface area (Å²) < 4.78 is 6.53. The van der Waals surface area contributed by atoms with Crippen molar-refractivity contribution < 1.29 is 4.42 Å². The smallest absolute Gasteiger partial charge is 0.191 e. The SMILES string of the molecule is Brc1ccc(CN=C(NCCc2ccco2)NC2CCN(C3CC3)CC2)cc1.I. The fourth-order valence-electron chi connectivity index (χ4n) is 3.71. The molecule has 0 unspecified atom stereocenters. The van der Waals surface area contributed by atoms with Crippen LogP contribution < -0.4 is 10.6 Å². The Morgan fingerprint density at radius 2 is 1.86 bits per heavy atom. The molecule has 2 heterocycles. The summed E-state index contributed by atoms with van der Waals surface area (Å²) >= 11 is 3.49. The van der Waals surface area contributed by atoms with Crippen LogP contribution in [-0.4, -0.2) is 42.6 Å². The monoisotopic (exact) mass is 572 g/mol. The maximum Gasteiger partial charge on any atom is 0.191 e. The Balaban J connectivity index is 0.00000240. The van der Waals surface area contributed by atoms with Crippen molar-refractivity contribution in [3.8, 4) is 0 Å². The third-order valence-corrected chi connectivity index (χ3v) is 6.04. The number of likely N-dealkylation sites (tertiary alicyclic amines) is 1. The number of nitrogens with zero attached hydrogens (tertiary/aromatic N) is 2. The number of guanidine groups is 1. The molecule has 0 bridgehead atoms. The zero-order chi connectivity index (χ0) is 19.2. The van der Waals surface area contributed by atoms with E-state index in [9.17, 15) is 0 Å². The molecule has 4 rings (SSSR count). The van der Waals surface area contributed by atoms with Gasteiger partial charge in [-0.1, -0.05) is 28.1 Å². The summed E-state index contributed by atoms with van der Waals surface area (Å²) in [7, 11) is 0. The molecule has 2 aromatic rings. The standard InChI is InChI=1S/C22H29BrN4O.HI/c23-18-5-3-17(4-6-18)16-25-22(24-12-9-21-2-1-15-28-21)26-19-10-13-27(14-11-19)20-7-8-20;/h1-6,15,19-20H,7-14,16H2,(H2,24,25,26);1H. The second-order valence-corrected chi connectivity index (χ2v) is 8.65. The minimum Gasteiger partial charge on any atom is -0.469 e. The molecule has 2 fully saturated rings. The molecule has 1 aromatic carbocycles. The zero-order valence-electron chi connectivity index (χ0n) is 16.6. The van der Waals surface area contributed by atoms with Gasteiger partial charge in [-0.05, 0) is 55.5 Å². The number of benzene rings is 1. The second kappa shape index (κ2) is 11.4. The Hall–Kier alpha value is -1.06. The van der Waals surface area contributed by atoms with Crippen LogP contribution in [0.5, 0.6) is 0 Å². The maximum absolute atomic E-state index is 5.44. The molecule has 2 aliphatic rings. The van der Waals surface area contributed by atoms with Crippen LogP contribution in [0, 0.1) is 0 Å². The molecular formula is C22H30BrIN4O. The van der Waals surface area contributed by atoms with Crippen molar-refractivity contribution in [1.82, 2.24) is 15.5 Å². The van der Waals surface area contributed by atoms with Crippen LogP contribution in [0.2, 0.25) is 0 Å². The molecule has 1 aliphatic heterocycles. The minimum absolute atomic E-state index is 0. The van der Waals surface area contributed by atoms with Gasteiger partial charge in [-0.2, -0.15) is 0 Å². The lowest BCUT2D eigenvalue weighted by Gasteiger charge is -2.33. The van der Waals surface area contributed by atoms with Crippen molar-refractivity contribution in [2.75, 3.05) is 19.6 Å². The van der Waals surface area contributed by atoms with Crippen molar-refractivity contribution in [2.45, 2.75) is 50.7 Å². The highest BCUT2D eigenvalue weighted by atomic mass is 127. The van der Waals surface area contributed by atoms with Crippen LogP contribution in [0.3, 0.4) is 0 Å². The summed E-state index contributed by atoms with van der Waals surface area (Å²) in [5.74, 6) is 1.90. The van der Waals surface area contributed by atoms with E-state index in [1.165, 1.54) is 44.3 Å². The van der Waals surface area contributed by atoms with Crippen molar-refractivity contribution in [3.63, 3.8) is 0 Å². The average Bonchev–Trinajstić information content (AvgIpc) is 3.44. The average molecular weight is 573 g/mol. The first-order valence-corrected chi connectivity index (χ1v) is 11.1. The highest BCUT2D eigenvalue weighted by Crippen LogP contribution is 2.29. The van der Waals surface area contributed by atoms with E-state index in [-0.39, 0.29) is 24.0 Å². The van der Waals surface area contributed by atoms with E-state index in [2.05, 4.69) is 55.7 Å². The van der Waals surface area contributed by atoms with Gasteiger partial charge in [0.1, 0.15) is 5.76 Å².